The first kappa shape index (κ1) is 26.3. The maximum atomic E-state index is 5.24. The molecular formula is C38H33N3. The third kappa shape index (κ3) is 6.15. The Morgan fingerprint density at radius 1 is 0.366 bits per heavy atom. The van der Waals surface area contributed by atoms with Crippen LogP contribution in [0.4, 0.5) is 0 Å². The summed E-state index contributed by atoms with van der Waals surface area (Å²) >= 11 is 0. The smallest absolute Gasteiger partial charge is 0.0939 e. The van der Waals surface area contributed by atoms with Crippen molar-refractivity contribution in [3.05, 3.63) is 196 Å². The summed E-state index contributed by atoms with van der Waals surface area (Å²) < 4.78 is 0. The average Bonchev–Trinajstić information content (AvgIpc) is 3.03. The molecule has 0 fully saturated rings. The van der Waals surface area contributed by atoms with Crippen molar-refractivity contribution >= 4 is 0 Å². The first-order chi connectivity index (χ1) is 20.2. The Kier molecular flexibility index (Phi) is 7.77. The van der Waals surface area contributed by atoms with Crippen LogP contribution in [0, 0.1) is 0 Å². The van der Waals surface area contributed by atoms with Crippen LogP contribution < -0.4 is 0 Å². The van der Waals surface area contributed by atoms with Crippen LogP contribution in [0.15, 0.2) is 146 Å². The van der Waals surface area contributed by atoms with Gasteiger partial charge in [-0.25, -0.2) is 0 Å². The number of rotatable bonds is 9. The third-order valence-corrected chi connectivity index (χ3v) is 7.64. The highest BCUT2D eigenvalue weighted by Crippen LogP contribution is 2.36. The molecule has 0 unspecified atom stereocenters. The zero-order valence-corrected chi connectivity index (χ0v) is 23.3. The van der Waals surface area contributed by atoms with Crippen LogP contribution >= 0.6 is 0 Å². The van der Waals surface area contributed by atoms with E-state index < -0.39 is 5.41 Å². The molecule has 6 aromatic rings. The van der Waals surface area contributed by atoms with Gasteiger partial charge in [0.15, 0.2) is 0 Å². The fourth-order valence-corrected chi connectivity index (χ4v) is 5.38. The van der Waals surface area contributed by atoms with E-state index in [0.717, 1.165) is 53.4 Å². The van der Waals surface area contributed by atoms with Gasteiger partial charge in [-0.3, -0.25) is 15.0 Å². The Hall–Kier alpha value is -4.89. The number of aromatic nitrogens is 3. The van der Waals surface area contributed by atoms with Crippen LogP contribution in [-0.2, 0) is 24.7 Å². The highest BCUT2D eigenvalue weighted by Gasteiger charge is 2.36. The Balaban J connectivity index is 1.44. The SMILES string of the molecule is CC(c1cccc(Cc2ccccc2)n1)(c1cccc(Cc2ccccc2)n1)c1cccc(Cc2ccccc2)n1. The Bertz CT molecular complexity index is 1510. The first-order valence-corrected chi connectivity index (χ1v) is 14.2. The van der Waals surface area contributed by atoms with Gasteiger partial charge >= 0.3 is 0 Å². The average molecular weight is 532 g/mol. The molecular weight excluding hydrogens is 498 g/mol. The van der Waals surface area contributed by atoms with E-state index in [0.29, 0.717) is 0 Å². The standard InChI is InChI=1S/C38H33N3/c1-38(35-23-11-20-32(39-35)26-29-14-5-2-6-15-29,36-24-12-21-33(40-36)27-30-16-7-3-8-17-30)37-25-13-22-34(41-37)28-31-18-9-4-10-19-31/h2-25H,26-28H2,1H3. The highest BCUT2D eigenvalue weighted by atomic mass is 14.8. The van der Waals surface area contributed by atoms with Crippen LogP contribution in [0.1, 0.15) is 57.8 Å². The van der Waals surface area contributed by atoms with Crippen molar-refractivity contribution in [3.63, 3.8) is 0 Å². The molecule has 0 saturated carbocycles. The summed E-state index contributed by atoms with van der Waals surface area (Å²) in [6.07, 6.45) is 2.31. The summed E-state index contributed by atoms with van der Waals surface area (Å²) in [6, 6.07) is 50.5. The second kappa shape index (κ2) is 12.1. The van der Waals surface area contributed by atoms with Crippen molar-refractivity contribution in [2.24, 2.45) is 0 Å². The lowest BCUT2D eigenvalue weighted by Crippen LogP contribution is -2.30. The largest absolute Gasteiger partial charge is 0.256 e. The maximum Gasteiger partial charge on any atom is 0.0939 e. The molecule has 3 aromatic carbocycles. The second-order valence-corrected chi connectivity index (χ2v) is 10.7. The van der Waals surface area contributed by atoms with Gasteiger partial charge < -0.3 is 0 Å². The quantitative estimate of drug-likeness (QED) is 0.190. The molecule has 3 aromatic heterocycles. The van der Waals surface area contributed by atoms with Crippen LogP contribution in [0.2, 0.25) is 0 Å². The molecule has 0 amide bonds. The molecule has 0 N–H and O–H groups in total. The van der Waals surface area contributed by atoms with Gasteiger partial charge in [0.05, 0.1) is 22.5 Å². The summed E-state index contributed by atoms with van der Waals surface area (Å²) in [4.78, 5) is 15.7. The van der Waals surface area contributed by atoms with Crippen LogP contribution in [0.5, 0.6) is 0 Å². The monoisotopic (exact) mass is 531 g/mol. The van der Waals surface area contributed by atoms with Crippen LogP contribution in [-0.4, -0.2) is 15.0 Å². The second-order valence-electron chi connectivity index (χ2n) is 10.7. The van der Waals surface area contributed by atoms with E-state index >= 15 is 0 Å². The van der Waals surface area contributed by atoms with Gasteiger partial charge in [-0.15, -0.1) is 0 Å². The normalized spacial score (nSPS) is 11.3. The van der Waals surface area contributed by atoms with Crippen molar-refractivity contribution < 1.29 is 0 Å². The van der Waals surface area contributed by atoms with Gasteiger partial charge in [-0.2, -0.15) is 0 Å². The minimum atomic E-state index is -0.647. The molecule has 41 heavy (non-hydrogen) atoms. The van der Waals surface area contributed by atoms with Gasteiger partial charge in [0.1, 0.15) is 0 Å². The number of nitrogens with zero attached hydrogens (tertiary/aromatic N) is 3. The minimum absolute atomic E-state index is 0.647. The van der Waals surface area contributed by atoms with Crippen molar-refractivity contribution in [1.82, 2.24) is 15.0 Å². The van der Waals surface area contributed by atoms with E-state index in [4.69, 9.17) is 15.0 Å². The van der Waals surface area contributed by atoms with Crippen LogP contribution in [0.25, 0.3) is 0 Å². The van der Waals surface area contributed by atoms with E-state index in [1.807, 2.05) is 18.2 Å². The lowest BCUT2D eigenvalue weighted by Gasteiger charge is -2.29. The Labute approximate surface area is 242 Å². The molecule has 3 heteroatoms. The predicted molar refractivity (Wildman–Crippen MR) is 166 cm³/mol. The number of pyridine rings is 3. The molecule has 3 heterocycles. The summed E-state index contributed by atoms with van der Waals surface area (Å²) in [5.41, 5.74) is 8.99. The fourth-order valence-electron chi connectivity index (χ4n) is 5.38. The van der Waals surface area contributed by atoms with Crippen molar-refractivity contribution in [3.8, 4) is 0 Å². The molecule has 3 nitrogen and oxygen atoms in total. The number of benzene rings is 3. The molecule has 200 valence electrons. The zero-order valence-electron chi connectivity index (χ0n) is 23.3. The van der Waals surface area contributed by atoms with E-state index in [9.17, 15) is 0 Å². The minimum Gasteiger partial charge on any atom is -0.256 e. The van der Waals surface area contributed by atoms with Gasteiger partial charge in [-0.05, 0) is 60.0 Å². The zero-order chi connectivity index (χ0) is 27.9. The molecule has 0 aliphatic rings. The van der Waals surface area contributed by atoms with Crippen molar-refractivity contribution in [2.75, 3.05) is 0 Å². The van der Waals surface area contributed by atoms with Gasteiger partial charge in [0.2, 0.25) is 0 Å². The highest BCUT2D eigenvalue weighted by molar-refractivity contribution is 5.43. The molecule has 0 spiro atoms. The van der Waals surface area contributed by atoms with Crippen molar-refractivity contribution in [2.45, 2.75) is 31.6 Å². The molecule has 0 bridgehead atoms. The molecule has 0 aliphatic carbocycles. The molecule has 0 saturated heterocycles. The fraction of sp³-hybridized carbons (Fsp3) is 0.132. The summed E-state index contributed by atoms with van der Waals surface area (Å²) in [5.74, 6) is 0. The molecule has 0 atom stereocenters. The van der Waals surface area contributed by atoms with Crippen LogP contribution in [0.3, 0.4) is 0 Å². The molecule has 6 rings (SSSR count). The summed E-state index contributed by atoms with van der Waals surface area (Å²) in [7, 11) is 0. The Morgan fingerprint density at radius 2 is 0.659 bits per heavy atom. The topological polar surface area (TPSA) is 38.7 Å². The molecule has 0 radical (unpaired) electrons. The summed E-state index contributed by atoms with van der Waals surface area (Å²) in [6.45, 7) is 2.21. The maximum absolute atomic E-state index is 5.24. The third-order valence-electron chi connectivity index (χ3n) is 7.64. The van der Waals surface area contributed by atoms with Crippen molar-refractivity contribution in [1.29, 1.82) is 0 Å². The number of hydrogen-bond acceptors (Lipinski definition) is 3. The van der Waals surface area contributed by atoms with E-state index in [-0.39, 0.29) is 0 Å². The lowest BCUT2D eigenvalue weighted by atomic mass is 9.78. The number of hydrogen-bond donors (Lipinski definition) is 0. The van der Waals surface area contributed by atoms with Gasteiger partial charge in [-0.1, -0.05) is 109 Å². The molecule has 0 aliphatic heterocycles. The Morgan fingerprint density at radius 3 is 0.951 bits per heavy atom. The van der Waals surface area contributed by atoms with E-state index in [2.05, 4.69) is 134 Å². The lowest BCUT2D eigenvalue weighted by molar-refractivity contribution is 0.610. The predicted octanol–water partition coefficient (Wildman–Crippen LogP) is 8.00. The first-order valence-electron chi connectivity index (χ1n) is 14.2. The van der Waals surface area contributed by atoms with E-state index in [1.165, 1.54) is 16.7 Å². The van der Waals surface area contributed by atoms with E-state index in [1.54, 1.807) is 0 Å². The van der Waals surface area contributed by atoms with Gasteiger partial charge in [0.25, 0.3) is 0 Å². The van der Waals surface area contributed by atoms with Gasteiger partial charge in [0, 0.05) is 36.3 Å². The summed E-state index contributed by atoms with van der Waals surface area (Å²) in [5, 5.41) is 0.